The van der Waals surface area contributed by atoms with Gasteiger partial charge in [-0.05, 0) is 31.5 Å². The van der Waals surface area contributed by atoms with Crippen molar-refractivity contribution in [2.24, 2.45) is 5.73 Å². The van der Waals surface area contributed by atoms with Crippen LogP contribution in [-0.2, 0) is 10.0 Å². The van der Waals surface area contributed by atoms with E-state index >= 15 is 0 Å². The van der Waals surface area contributed by atoms with Crippen molar-refractivity contribution in [1.82, 2.24) is 4.90 Å². The molecule has 6 nitrogen and oxygen atoms in total. The van der Waals surface area contributed by atoms with E-state index in [2.05, 4.69) is 4.72 Å². The molecule has 0 aromatic heterocycles. The average Bonchev–Trinajstić information content (AvgIpc) is 2.44. The molecule has 0 fully saturated rings. The molecular formula is C14H23N3O3S. The van der Waals surface area contributed by atoms with Gasteiger partial charge in [-0.1, -0.05) is 13.0 Å². The molecule has 1 atom stereocenters. The Balaban J connectivity index is 2.93. The lowest BCUT2D eigenvalue weighted by molar-refractivity contribution is 0.0748. The Morgan fingerprint density at radius 1 is 1.43 bits per heavy atom. The lowest BCUT2D eigenvalue weighted by atomic mass is 10.1. The van der Waals surface area contributed by atoms with E-state index in [9.17, 15) is 13.2 Å². The number of hydrogen-bond acceptors (Lipinski definition) is 4. The summed E-state index contributed by atoms with van der Waals surface area (Å²) >= 11 is 0. The Labute approximate surface area is 126 Å². The van der Waals surface area contributed by atoms with Crippen molar-refractivity contribution in [1.29, 1.82) is 0 Å². The van der Waals surface area contributed by atoms with E-state index in [4.69, 9.17) is 5.73 Å². The molecule has 7 heteroatoms. The van der Waals surface area contributed by atoms with Crippen molar-refractivity contribution in [3.05, 3.63) is 29.8 Å². The van der Waals surface area contributed by atoms with E-state index < -0.39 is 10.0 Å². The van der Waals surface area contributed by atoms with Crippen LogP contribution in [0.2, 0.25) is 0 Å². The Kier molecular flexibility index (Phi) is 6.17. The van der Waals surface area contributed by atoms with Crippen LogP contribution >= 0.6 is 0 Å². The van der Waals surface area contributed by atoms with E-state index in [0.717, 1.165) is 0 Å². The summed E-state index contributed by atoms with van der Waals surface area (Å²) in [5.41, 5.74) is 6.37. The van der Waals surface area contributed by atoms with Crippen molar-refractivity contribution in [3.63, 3.8) is 0 Å². The molecule has 1 rings (SSSR count). The summed E-state index contributed by atoms with van der Waals surface area (Å²) in [5, 5.41) is 0. The molecule has 0 radical (unpaired) electrons. The SMILES string of the molecule is CCCS(=O)(=O)Nc1cccc(C(=O)N(C)C(C)CN)c1. The molecular weight excluding hydrogens is 290 g/mol. The van der Waals surface area contributed by atoms with Crippen LogP contribution in [0.5, 0.6) is 0 Å². The van der Waals surface area contributed by atoms with E-state index in [1.165, 1.54) is 6.07 Å². The largest absolute Gasteiger partial charge is 0.338 e. The van der Waals surface area contributed by atoms with Gasteiger partial charge in [0.2, 0.25) is 10.0 Å². The molecule has 0 aliphatic carbocycles. The lowest BCUT2D eigenvalue weighted by Crippen LogP contribution is -2.39. The number of carbonyl (C=O) groups is 1. The summed E-state index contributed by atoms with van der Waals surface area (Å²) in [5.74, 6) is -0.139. The third kappa shape index (κ3) is 5.02. The molecule has 118 valence electrons. The number of nitrogens with one attached hydrogen (secondary N) is 1. The van der Waals surface area contributed by atoms with Crippen LogP contribution in [0.15, 0.2) is 24.3 Å². The van der Waals surface area contributed by atoms with E-state index in [-0.39, 0.29) is 17.7 Å². The third-order valence-electron chi connectivity index (χ3n) is 3.18. The summed E-state index contributed by atoms with van der Waals surface area (Å²) in [6.45, 7) is 4.01. The highest BCUT2D eigenvalue weighted by atomic mass is 32.2. The number of benzene rings is 1. The second-order valence-electron chi connectivity index (χ2n) is 5.00. The van der Waals surface area contributed by atoms with E-state index in [1.807, 2.05) is 6.92 Å². The first-order valence-electron chi connectivity index (χ1n) is 6.88. The summed E-state index contributed by atoms with van der Waals surface area (Å²) in [7, 11) is -1.69. The normalized spacial score (nSPS) is 12.8. The van der Waals surface area contributed by atoms with Crippen molar-refractivity contribution in [2.45, 2.75) is 26.3 Å². The highest BCUT2D eigenvalue weighted by molar-refractivity contribution is 7.92. The van der Waals surface area contributed by atoms with Crippen molar-refractivity contribution < 1.29 is 13.2 Å². The van der Waals surface area contributed by atoms with Crippen LogP contribution in [0.25, 0.3) is 0 Å². The molecule has 0 bridgehead atoms. The quantitative estimate of drug-likeness (QED) is 0.792. The first kappa shape index (κ1) is 17.5. The fraction of sp³-hybridized carbons (Fsp3) is 0.500. The van der Waals surface area contributed by atoms with Gasteiger partial charge < -0.3 is 10.6 Å². The number of amides is 1. The number of sulfonamides is 1. The van der Waals surface area contributed by atoms with E-state index in [1.54, 1.807) is 37.1 Å². The second-order valence-corrected chi connectivity index (χ2v) is 6.84. The molecule has 1 amide bonds. The molecule has 1 unspecified atom stereocenters. The Morgan fingerprint density at radius 3 is 2.67 bits per heavy atom. The second kappa shape index (κ2) is 7.42. The number of nitrogens with two attached hydrogens (primary N) is 1. The fourth-order valence-corrected chi connectivity index (χ4v) is 2.90. The van der Waals surface area contributed by atoms with Gasteiger partial charge >= 0.3 is 0 Å². The maximum absolute atomic E-state index is 12.3. The highest BCUT2D eigenvalue weighted by Gasteiger charge is 2.17. The fourth-order valence-electron chi connectivity index (χ4n) is 1.78. The van der Waals surface area contributed by atoms with Gasteiger partial charge in [0, 0.05) is 30.9 Å². The number of likely N-dealkylation sites (N-methyl/N-ethyl adjacent to an activating group) is 1. The topological polar surface area (TPSA) is 92.5 Å². The zero-order chi connectivity index (χ0) is 16.0. The minimum atomic E-state index is -3.36. The number of carbonyl (C=O) groups excluding carboxylic acids is 1. The number of anilines is 1. The maximum atomic E-state index is 12.3. The van der Waals surface area contributed by atoms with Gasteiger partial charge in [-0.2, -0.15) is 0 Å². The van der Waals surface area contributed by atoms with Gasteiger partial charge in [0.15, 0.2) is 0 Å². The van der Waals surface area contributed by atoms with Crippen LogP contribution in [0.1, 0.15) is 30.6 Å². The molecule has 0 saturated carbocycles. The minimum Gasteiger partial charge on any atom is -0.338 e. The predicted octanol–water partition coefficient (Wildman–Crippen LogP) is 1.26. The first-order chi connectivity index (χ1) is 9.80. The van der Waals surface area contributed by atoms with Crippen molar-refractivity contribution in [3.8, 4) is 0 Å². The Hall–Kier alpha value is -1.60. The number of hydrogen-bond donors (Lipinski definition) is 2. The smallest absolute Gasteiger partial charge is 0.253 e. The van der Waals surface area contributed by atoms with Crippen LogP contribution in [0.4, 0.5) is 5.69 Å². The van der Waals surface area contributed by atoms with Gasteiger partial charge in [0.1, 0.15) is 0 Å². The molecule has 0 aliphatic rings. The molecule has 0 aliphatic heterocycles. The average molecular weight is 313 g/mol. The standard InChI is InChI=1S/C14H23N3O3S/c1-4-8-21(19,20)16-13-7-5-6-12(9-13)14(18)17(3)11(2)10-15/h5-7,9,11,16H,4,8,10,15H2,1-3H3. The molecule has 21 heavy (non-hydrogen) atoms. The van der Waals surface area contributed by atoms with Gasteiger partial charge in [0.25, 0.3) is 5.91 Å². The number of rotatable bonds is 7. The van der Waals surface area contributed by atoms with E-state index in [0.29, 0.717) is 24.2 Å². The molecule has 1 aromatic carbocycles. The monoisotopic (exact) mass is 313 g/mol. The van der Waals surface area contributed by atoms with Crippen LogP contribution in [0, 0.1) is 0 Å². The van der Waals surface area contributed by atoms with Crippen LogP contribution < -0.4 is 10.5 Å². The molecule has 0 heterocycles. The van der Waals surface area contributed by atoms with Gasteiger partial charge in [-0.3, -0.25) is 9.52 Å². The summed E-state index contributed by atoms with van der Waals surface area (Å²) in [6, 6.07) is 6.38. The summed E-state index contributed by atoms with van der Waals surface area (Å²) < 4.78 is 26.0. The van der Waals surface area contributed by atoms with Gasteiger partial charge in [-0.15, -0.1) is 0 Å². The van der Waals surface area contributed by atoms with Gasteiger partial charge in [-0.25, -0.2) is 8.42 Å². The summed E-state index contributed by atoms with van der Waals surface area (Å²) in [4.78, 5) is 13.8. The molecule has 0 spiro atoms. The zero-order valence-electron chi connectivity index (χ0n) is 12.7. The lowest BCUT2D eigenvalue weighted by Gasteiger charge is -2.23. The predicted molar refractivity (Wildman–Crippen MR) is 84.8 cm³/mol. The van der Waals surface area contributed by atoms with Crippen molar-refractivity contribution in [2.75, 3.05) is 24.1 Å². The Bertz CT molecular complexity index is 587. The van der Waals surface area contributed by atoms with Gasteiger partial charge in [0.05, 0.1) is 5.75 Å². The third-order valence-corrected chi connectivity index (χ3v) is 4.67. The van der Waals surface area contributed by atoms with Crippen LogP contribution in [-0.4, -0.2) is 44.6 Å². The zero-order valence-corrected chi connectivity index (χ0v) is 13.5. The molecule has 1 aromatic rings. The Morgan fingerprint density at radius 2 is 2.10 bits per heavy atom. The molecule has 0 saturated heterocycles. The van der Waals surface area contributed by atoms with Crippen LogP contribution in [0.3, 0.4) is 0 Å². The minimum absolute atomic E-state index is 0.0509. The van der Waals surface area contributed by atoms with Crippen molar-refractivity contribution >= 4 is 21.6 Å². The maximum Gasteiger partial charge on any atom is 0.253 e. The number of nitrogens with zero attached hydrogens (tertiary/aromatic N) is 1. The summed E-state index contributed by atoms with van der Waals surface area (Å²) in [6.07, 6.45) is 0.532. The first-order valence-corrected chi connectivity index (χ1v) is 8.53. The highest BCUT2D eigenvalue weighted by Crippen LogP contribution is 2.15. The molecule has 3 N–H and O–H groups in total.